The first kappa shape index (κ1) is 12.0. The van der Waals surface area contributed by atoms with E-state index in [4.69, 9.17) is 0 Å². The van der Waals surface area contributed by atoms with E-state index in [1.165, 1.54) is 22.0 Å². The normalized spacial score (nSPS) is 20.6. The number of halogens is 2. The van der Waals surface area contributed by atoms with Gasteiger partial charge in [-0.3, -0.25) is 0 Å². The van der Waals surface area contributed by atoms with Crippen LogP contribution in [0, 0.1) is 6.92 Å². The molecule has 14 heavy (non-hydrogen) atoms. The molecular formula is C11H15BrClN. The zero-order valence-electron chi connectivity index (χ0n) is 8.22. The van der Waals surface area contributed by atoms with Crippen molar-refractivity contribution in [2.24, 2.45) is 0 Å². The minimum Gasteiger partial charge on any atom is -0.316 e. The van der Waals surface area contributed by atoms with Gasteiger partial charge in [0, 0.05) is 11.0 Å². The summed E-state index contributed by atoms with van der Waals surface area (Å²) in [6.45, 7) is 4.45. The average Bonchev–Trinajstić information content (AvgIpc) is 2.53. The molecule has 1 heterocycles. The highest BCUT2D eigenvalue weighted by molar-refractivity contribution is 9.10. The lowest BCUT2D eigenvalue weighted by Gasteiger charge is -2.10. The Balaban J connectivity index is 0.000000980. The van der Waals surface area contributed by atoms with E-state index in [0.717, 1.165) is 19.0 Å². The number of hydrogen-bond acceptors (Lipinski definition) is 1. The smallest absolute Gasteiger partial charge is 0.0180 e. The molecule has 1 saturated heterocycles. The summed E-state index contributed by atoms with van der Waals surface area (Å²) in [6.07, 6.45) is 1.27. The highest BCUT2D eigenvalue weighted by Crippen LogP contribution is 2.26. The van der Waals surface area contributed by atoms with Gasteiger partial charge >= 0.3 is 0 Å². The molecule has 0 aromatic heterocycles. The summed E-state index contributed by atoms with van der Waals surface area (Å²) in [6, 6.07) is 6.69. The summed E-state index contributed by atoms with van der Waals surface area (Å²) in [5.41, 5.74) is 2.81. The predicted molar refractivity (Wildman–Crippen MR) is 66.4 cm³/mol. The van der Waals surface area contributed by atoms with Gasteiger partial charge in [-0.15, -0.1) is 12.4 Å². The highest BCUT2D eigenvalue weighted by atomic mass is 79.9. The zero-order valence-corrected chi connectivity index (χ0v) is 10.6. The topological polar surface area (TPSA) is 12.0 Å². The van der Waals surface area contributed by atoms with Crippen molar-refractivity contribution in [3.63, 3.8) is 0 Å². The van der Waals surface area contributed by atoms with E-state index in [2.05, 4.69) is 46.4 Å². The molecule has 0 aliphatic carbocycles. The number of hydrogen-bond donors (Lipinski definition) is 1. The average molecular weight is 277 g/mol. The van der Waals surface area contributed by atoms with Gasteiger partial charge in [0.25, 0.3) is 0 Å². The molecule has 78 valence electrons. The van der Waals surface area contributed by atoms with Crippen molar-refractivity contribution in [1.82, 2.24) is 5.32 Å². The molecule has 1 unspecified atom stereocenters. The Morgan fingerprint density at radius 2 is 2.14 bits per heavy atom. The van der Waals surface area contributed by atoms with Gasteiger partial charge in [0.15, 0.2) is 0 Å². The molecular weight excluding hydrogens is 261 g/mol. The van der Waals surface area contributed by atoms with Crippen LogP contribution in [0.25, 0.3) is 0 Å². The molecule has 0 bridgehead atoms. The third kappa shape index (κ3) is 2.72. The maximum absolute atomic E-state index is 3.54. The first-order chi connectivity index (χ1) is 6.25. The van der Waals surface area contributed by atoms with Crippen LogP contribution in [-0.4, -0.2) is 13.1 Å². The number of nitrogens with one attached hydrogen (secondary N) is 1. The lowest BCUT2D eigenvalue weighted by molar-refractivity contribution is 0.762. The van der Waals surface area contributed by atoms with Crippen LogP contribution in [0.15, 0.2) is 22.7 Å². The van der Waals surface area contributed by atoms with E-state index >= 15 is 0 Å². The van der Waals surface area contributed by atoms with Crippen molar-refractivity contribution in [1.29, 1.82) is 0 Å². The van der Waals surface area contributed by atoms with Crippen molar-refractivity contribution >= 4 is 28.3 Å². The minimum atomic E-state index is 0. The molecule has 1 aromatic carbocycles. The van der Waals surface area contributed by atoms with Crippen molar-refractivity contribution in [3.8, 4) is 0 Å². The van der Waals surface area contributed by atoms with E-state index in [0.29, 0.717) is 0 Å². The molecule has 0 spiro atoms. The van der Waals surface area contributed by atoms with E-state index in [1.54, 1.807) is 0 Å². The van der Waals surface area contributed by atoms with Crippen LogP contribution < -0.4 is 5.32 Å². The van der Waals surface area contributed by atoms with Gasteiger partial charge in [-0.2, -0.15) is 0 Å². The quantitative estimate of drug-likeness (QED) is 0.830. The van der Waals surface area contributed by atoms with Crippen LogP contribution in [0.4, 0.5) is 0 Å². The van der Waals surface area contributed by atoms with Gasteiger partial charge in [0.2, 0.25) is 0 Å². The van der Waals surface area contributed by atoms with Gasteiger partial charge < -0.3 is 5.32 Å². The Morgan fingerprint density at radius 3 is 2.71 bits per heavy atom. The van der Waals surface area contributed by atoms with Gasteiger partial charge in [-0.1, -0.05) is 22.0 Å². The lowest BCUT2D eigenvalue weighted by atomic mass is 9.97. The molecule has 0 saturated carbocycles. The van der Waals surface area contributed by atoms with Crippen LogP contribution in [0.1, 0.15) is 23.5 Å². The summed E-state index contributed by atoms with van der Waals surface area (Å²) >= 11 is 3.54. The van der Waals surface area contributed by atoms with Crippen LogP contribution in [-0.2, 0) is 0 Å². The molecule has 3 heteroatoms. The summed E-state index contributed by atoms with van der Waals surface area (Å²) in [7, 11) is 0. The molecule has 0 radical (unpaired) electrons. The predicted octanol–water partition coefficient (Wildman–Crippen LogP) is 3.26. The van der Waals surface area contributed by atoms with E-state index < -0.39 is 0 Å². The maximum atomic E-state index is 3.54. The largest absolute Gasteiger partial charge is 0.316 e. The second-order valence-electron chi connectivity index (χ2n) is 3.75. The maximum Gasteiger partial charge on any atom is 0.0180 e. The second-order valence-corrected chi connectivity index (χ2v) is 4.67. The number of benzene rings is 1. The summed E-state index contributed by atoms with van der Waals surface area (Å²) in [5, 5.41) is 3.39. The molecule has 1 atom stereocenters. The van der Waals surface area contributed by atoms with E-state index in [9.17, 15) is 0 Å². The molecule has 1 aliphatic rings. The number of rotatable bonds is 1. The zero-order chi connectivity index (χ0) is 9.26. The van der Waals surface area contributed by atoms with Crippen LogP contribution in [0.2, 0.25) is 0 Å². The van der Waals surface area contributed by atoms with Crippen molar-refractivity contribution in [2.75, 3.05) is 13.1 Å². The second kappa shape index (κ2) is 5.15. The summed E-state index contributed by atoms with van der Waals surface area (Å²) < 4.78 is 1.20. The molecule has 1 aromatic rings. The molecule has 0 amide bonds. The third-order valence-corrected chi connectivity index (χ3v) is 3.05. The Bertz CT molecular complexity index is 288. The number of aryl methyl sites for hydroxylation is 1. The lowest BCUT2D eigenvalue weighted by Crippen LogP contribution is -2.08. The summed E-state index contributed by atoms with van der Waals surface area (Å²) in [5.74, 6) is 0.719. The SMILES string of the molecule is Cc1cc(Br)cc(C2CCNC2)c1.Cl. The van der Waals surface area contributed by atoms with Crippen molar-refractivity contribution < 1.29 is 0 Å². The van der Waals surface area contributed by atoms with Gasteiger partial charge in [-0.05, 0) is 49.1 Å². The van der Waals surface area contributed by atoms with Crippen LogP contribution in [0.5, 0.6) is 0 Å². The van der Waals surface area contributed by atoms with Gasteiger partial charge in [0.1, 0.15) is 0 Å². The molecule has 1 nitrogen and oxygen atoms in total. The molecule has 2 rings (SSSR count). The Morgan fingerprint density at radius 1 is 1.36 bits per heavy atom. The third-order valence-electron chi connectivity index (χ3n) is 2.60. The van der Waals surface area contributed by atoms with Crippen molar-refractivity contribution in [2.45, 2.75) is 19.3 Å². The highest BCUT2D eigenvalue weighted by Gasteiger charge is 2.16. The molecule has 1 N–H and O–H groups in total. The standard InChI is InChI=1S/C11H14BrN.ClH/c1-8-4-10(6-11(12)5-8)9-2-3-13-7-9;/h4-6,9,13H,2-3,7H2,1H3;1H. The minimum absolute atomic E-state index is 0. The monoisotopic (exact) mass is 275 g/mol. The fourth-order valence-corrected chi connectivity index (χ4v) is 2.56. The van der Waals surface area contributed by atoms with Crippen LogP contribution >= 0.6 is 28.3 Å². The Kier molecular flexibility index (Phi) is 4.42. The molecule has 1 fully saturated rings. The fraction of sp³-hybridized carbons (Fsp3) is 0.455. The first-order valence-corrected chi connectivity index (χ1v) is 5.53. The van der Waals surface area contributed by atoms with E-state index in [1.807, 2.05) is 0 Å². The molecule has 1 aliphatic heterocycles. The summed E-state index contributed by atoms with van der Waals surface area (Å²) in [4.78, 5) is 0. The Labute approximate surface area is 99.8 Å². The van der Waals surface area contributed by atoms with Gasteiger partial charge in [-0.25, -0.2) is 0 Å². The van der Waals surface area contributed by atoms with Crippen molar-refractivity contribution in [3.05, 3.63) is 33.8 Å². The van der Waals surface area contributed by atoms with Gasteiger partial charge in [0.05, 0.1) is 0 Å². The fourth-order valence-electron chi connectivity index (χ4n) is 1.94. The van der Waals surface area contributed by atoms with E-state index in [-0.39, 0.29) is 12.4 Å². The van der Waals surface area contributed by atoms with Crippen LogP contribution in [0.3, 0.4) is 0 Å². The first-order valence-electron chi connectivity index (χ1n) is 4.73. The Hall–Kier alpha value is -0.0500.